The summed E-state index contributed by atoms with van der Waals surface area (Å²) in [7, 11) is 0. The molecular formula is C28H31N3O2. The van der Waals surface area contributed by atoms with E-state index < -0.39 is 0 Å². The normalized spacial score (nSPS) is 27.3. The van der Waals surface area contributed by atoms with E-state index >= 15 is 0 Å². The van der Waals surface area contributed by atoms with Crippen LogP contribution in [0.3, 0.4) is 0 Å². The van der Waals surface area contributed by atoms with E-state index in [9.17, 15) is 4.79 Å². The Bertz CT molecular complexity index is 1210. The molecule has 170 valence electrons. The highest BCUT2D eigenvalue weighted by atomic mass is 16.6. The van der Waals surface area contributed by atoms with Crippen molar-refractivity contribution >= 4 is 16.9 Å². The topological polar surface area (TPSA) is 54.5 Å². The molecule has 5 heteroatoms. The lowest BCUT2D eigenvalue weighted by Crippen LogP contribution is -2.53. The minimum Gasteiger partial charge on any atom is -0.445 e. The number of rotatable bonds is 3. The number of hydrogen-bond acceptors (Lipinski definition) is 4. The van der Waals surface area contributed by atoms with Crippen LogP contribution in [0.2, 0.25) is 0 Å². The number of benzene rings is 2. The molecule has 1 aliphatic carbocycles. The van der Waals surface area contributed by atoms with Crippen molar-refractivity contribution in [3.05, 3.63) is 66.0 Å². The average molecular weight is 442 g/mol. The summed E-state index contributed by atoms with van der Waals surface area (Å²) in [5.74, 6) is 0.516. The highest BCUT2D eigenvalue weighted by Crippen LogP contribution is 2.46. The van der Waals surface area contributed by atoms with Gasteiger partial charge in [0.25, 0.3) is 0 Å². The third-order valence-electron chi connectivity index (χ3n) is 7.99. The number of amides is 1. The lowest BCUT2D eigenvalue weighted by atomic mass is 9.85. The Morgan fingerprint density at radius 2 is 2.00 bits per heavy atom. The van der Waals surface area contributed by atoms with Crippen LogP contribution in [0, 0.1) is 11.3 Å². The van der Waals surface area contributed by atoms with Gasteiger partial charge in [-0.2, -0.15) is 0 Å². The van der Waals surface area contributed by atoms with Crippen LogP contribution in [0.15, 0.2) is 54.9 Å². The molecule has 3 fully saturated rings. The van der Waals surface area contributed by atoms with E-state index in [1.165, 1.54) is 27.6 Å². The van der Waals surface area contributed by atoms with Crippen molar-refractivity contribution in [1.82, 2.24) is 15.2 Å². The zero-order valence-electron chi connectivity index (χ0n) is 19.4. The molecule has 33 heavy (non-hydrogen) atoms. The van der Waals surface area contributed by atoms with Gasteiger partial charge >= 0.3 is 6.09 Å². The molecule has 2 aromatic carbocycles. The first kappa shape index (κ1) is 20.7. The summed E-state index contributed by atoms with van der Waals surface area (Å²) in [5.41, 5.74) is 4.81. The third kappa shape index (κ3) is 3.68. The van der Waals surface area contributed by atoms with Gasteiger partial charge in [0, 0.05) is 24.3 Å². The molecule has 1 unspecified atom stereocenters. The fourth-order valence-corrected chi connectivity index (χ4v) is 6.19. The Morgan fingerprint density at radius 1 is 1.15 bits per heavy atom. The summed E-state index contributed by atoms with van der Waals surface area (Å²) in [6.07, 6.45) is 6.73. The van der Waals surface area contributed by atoms with Gasteiger partial charge in [0.1, 0.15) is 6.10 Å². The van der Waals surface area contributed by atoms with E-state index in [0.717, 1.165) is 44.3 Å². The molecule has 2 bridgehead atoms. The van der Waals surface area contributed by atoms with Crippen LogP contribution in [0.4, 0.5) is 4.79 Å². The van der Waals surface area contributed by atoms with E-state index in [0.29, 0.717) is 5.92 Å². The van der Waals surface area contributed by atoms with Crippen LogP contribution < -0.4 is 5.32 Å². The fraction of sp³-hybridized carbons (Fsp3) is 0.429. The number of piperidine rings is 3. The Hall–Kier alpha value is -2.92. The summed E-state index contributed by atoms with van der Waals surface area (Å²) in [4.78, 5) is 19.7. The van der Waals surface area contributed by atoms with Gasteiger partial charge in [-0.05, 0) is 77.4 Å². The lowest BCUT2D eigenvalue weighted by Gasteiger charge is -2.44. The molecule has 3 aliphatic heterocycles. The summed E-state index contributed by atoms with van der Waals surface area (Å²) in [6.45, 7) is 7.63. The molecule has 0 saturated carbocycles. The maximum Gasteiger partial charge on any atom is 0.407 e. The predicted octanol–water partition coefficient (Wildman–Crippen LogP) is 5.35. The van der Waals surface area contributed by atoms with Gasteiger partial charge < -0.3 is 10.1 Å². The second kappa shape index (κ2) is 7.84. The smallest absolute Gasteiger partial charge is 0.407 e. The number of nitrogens with zero attached hydrogens (tertiary/aromatic N) is 2. The van der Waals surface area contributed by atoms with Crippen molar-refractivity contribution in [2.24, 2.45) is 11.3 Å². The third-order valence-corrected chi connectivity index (χ3v) is 7.99. The zero-order valence-corrected chi connectivity index (χ0v) is 19.4. The first-order valence-electron chi connectivity index (χ1n) is 12.1. The molecule has 5 nitrogen and oxygen atoms in total. The number of aromatic nitrogens is 1. The molecular weight excluding hydrogens is 410 g/mol. The number of hydrogen-bond donors (Lipinski definition) is 1. The van der Waals surface area contributed by atoms with Gasteiger partial charge in [-0.1, -0.05) is 50.2 Å². The van der Waals surface area contributed by atoms with Gasteiger partial charge in [0.05, 0.1) is 6.04 Å². The maximum atomic E-state index is 12.9. The van der Waals surface area contributed by atoms with Gasteiger partial charge in [-0.25, -0.2) is 4.79 Å². The van der Waals surface area contributed by atoms with Crippen molar-refractivity contribution in [3.8, 4) is 11.1 Å². The van der Waals surface area contributed by atoms with Crippen LogP contribution in [-0.4, -0.2) is 41.7 Å². The molecule has 7 rings (SSSR count). The highest BCUT2D eigenvalue weighted by molar-refractivity contribution is 5.96. The summed E-state index contributed by atoms with van der Waals surface area (Å²) >= 11 is 0. The number of carbonyl (C=O) groups is 1. The number of alkyl carbamates (subject to hydrolysis) is 1. The second-order valence-electron chi connectivity index (χ2n) is 10.6. The van der Waals surface area contributed by atoms with E-state index in [1.54, 1.807) is 0 Å². The number of fused-ring (bicyclic) bond motifs is 5. The number of ether oxygens (including phenoxy) is 1. The molecule has 4 heterocycles. The number of pyridine rings is 1. The van der Waals surface area contributed by atoms with Crippen LogP contribution in [-0.2, 0) is 11.2 Å². The van der Waals surface area contributed by atoms with Crippen molar-refractivity contribution in [1.29, 1.82) is 0 Å². The Labute approximate surface area is 195 Å². The van der Waals surface area contributed by atoms with Crippen LogP contribution in [0.1, 0.15) is 43.9 Å². The van der Waals surface area contributed by atoms with Gasteiger partial charge in [0.2, 0.25) is 0 Å². The lowest BCUT2D eigenvalue weighted by molar-refractivity contribution is -0.0348. The first-order chi connectivity index (χ1) is 16.0. The Balaban J connectivity index is 1.25. The zero-order chi connectivity index (χ0) is 22.6. The minimum absolute atomic E-state index is 0.0267. The Kier molecular flexibility index (Phi) is 4.91. The van der Waals surface area contributed by atoms with Crippen molar-refractivity contribution in [2.75, 3.05) is 19.6 Å². The minimum atomic E-state index is -0.274. The SMILES string of the molecule is CC1(C)Cc2cc(-c3cccc4ccncc34)ccc2C1NC(=O)O[C@H]1CN2CCC1CC2. The molecule has 1 amide bonds. The Morgan fingerprint density at radius 3 is 2.79 bits per heavy atom. The largest absolute Gasteiger partial charge is 0.445 e. The maximum absolute atomic E-state index is 12.9. The summed E-state index contributed by atoms with van der Waals surface area (Å²) in [6, 6.07) is 15.0. The molecule has 3 aromatic rings. The molecule has 2 atom stereocenters. The fourth-order valence-electron chi connectivity index (χ4n) is 6.19. The number of carbonyl (C=O) groups excluding carboxylic acids is 1. The van der Waals surface area contributed by atoms with Crippen LogP contribution in [0.25, 0.3) is 21.9 Å². The molecule has 0 spiro atoms. The molecule has 1 aromatic heterocycles. The second-order valence-corrected chi connectivity index (χ2v) is 10.6. The first-order valence-corrected chi connectivity index (χ1v) is 12.1. The van der Waals surface area contributed by atoms with E-state index in [4.69, 9.17) is 4.74 Å². The van der Waals surface area contributed by atoms with Gasteiger partial charge in [-0.3, -0.25) is 9.88 Å². The summed E-state index contributed by atoms with van der Waals surface area (Å²) < 4.78 is 5.94. The highest BCUT2D eigenvalue weighted by Gasteiger charge is 2.42. The van der Waals surface area contributed by atoms with Crippen molar-refractivity contribution in [3.63, 3.8) is 0 Å². The van der Waals surface area contributed by atoms with Crippen LogP contribution >= 0.6 is 0 Å². The van der Waals surface area contributed by atoms with Gasteiger partial charge in [0.15, 0.2) is 0 Å². The van der Waals surface area contributed by atoms with Crippen molar-refractivity contribution in [2.45, 2.75) is 45.3 Å². The quantitative estimate of drug-likeness (QED) is 0.596. The average Bonchev–Trinajstić information content (AvgIpc) is 3.08. The molecule has 0 radical (unpaired) electrons. The van der Waals surface area contributed by atoms with Gasteiger partial charge in [-0.15, -0.1) is 0 Å². The van der Waals surface area contributed by atoms with E-state index in [1.807, 2.05) is 12.4 Å². The molecule has 4 aliphatic rings. The monoisotopic (exact) mass is 441 g/mol. The number of nitrogens with one attached hydrogen (secondary N) is 1. The van der Waals surface area contributed by atoms with Crippen molar-refractivity contribution < 1.29 is 9.53 Å². The van der Waals surface area contributed by atoms with E-state index in [2.05, 4.69) is 71.5 Å². The summed E-state index contributed by atoms with van der Waals surface area (Å²) in [5, 5.41) is 5.58. The molecule has 1 N–H and O–H groups in total. The predicted molar refractivity (Wildman–Crippen MR) is 130 cm³/mol. The van der Waals surface area contributed by atoms with E-state index in [-0.39, 0.29) is 23.7 Å². The standard InChI is InChI=1S/C28H31N3O2/c1-28(2)15-21-14-20(22-5-3-4-18-8-11-29-16-24(18)22)6-7-23(21)26(28)30-27(32)33-25-17-31-12-9-19(25)10-13-31/h3-8,11,14,16,19,25-26H,9-10,12-13,15,17H2,1-2H3,(H,30,32)/t25-,26?/m0/s1. The van der Waals surface area contributed by atoms with Crippen LogP contribution in [0.5, 0.6) is 0 Å². The molecule has 3 saturated heterocycles.